The Balaban J connectivity index is 1.88. The number of likely N-dealkylation sites (N-methyl/N-ethyl adjacent to an activating group) is 1. The minimum Gasteiger partial charge on any atom is -0.334 e. The fraction of sp³-hybridized carbons (Fsp3) is 0.458. The number of nitrogens with zero attached hydrogens (tertiary/aromatic N) is 2. The number of rotatable bonds is 7. The van der Waals surface area contributed by atoms with Gasteiger partial charge >= 0.3 is 0 Å². The molecule has 0 aliphatic carbocycles. The van der Waals surface area contributed by atoms with E-state index in [1.165, 1.54) is 9.21 Å². The highest BCUT2D eigenvalue weighted by Gasteiger charge is 2.32. The molecular weight excluding hydrogens is 410 g/mol. The van der Waals surface area contributed by atoms with Crippen molar-refractivity contribution in [3.63, 3.8) is 0 Å². The molecule has 1 aliphatic heterocycles. The number of nitrogens with one attached hydrogen (secondary N) is 1. The quantitative estimate of drug-likeness (QED) is 0.698. The van der Waals surface area contributed by atoms with E-state index >= 15 is 0 Å². The molecule has 1 fully saturated rings. The SMILES string of the molecule is Cc1cc(C)c(S(=O)(=O)N(CCc2ccccc2)CC(=O)N2CC[NH+](C)CC2)c(C)c1. The van der Waals surface area contributed by atoms with Gasteiger partial charge in [-0.25, -0.2) is 8.42 Å². The van der Waals surface area contributed by atoms with Gasteiger partial charge in [-0.05, 0) is 43.9 Å². The summed E-state index contributed by atoms with van der Waals surface area (Å²) in [5, 5.41) is 0. The van der Waals surface area contributed by atoms with E-state index < -0.39 is 10.0 Å². The van der Waals surface area contributed by atoms with Crippen molar-refractivity contribution in [1.82, 2.24) is 9.21 Å². The van der Waals surface area contributed by atoms with Crippen LogP contribution in [-0.2, 0) is 21.2 Å². The topological polar surface area (TPSA) is 62.1 Å². The summed E-state index contributed by atoms with van der Waals surface area (Å²) >= 11 is 0. The van der Waals surface area contributed by atoms with Crippen LogP contribution in [0.15, 0.2) is 47.4 Å². The summed E-state index contributed by atoms with van der Waals surface area (Å²) in [5.74, 6) is -0.119. The van der Waals surface area contributed by atoms with Crippen LogP contribution < -0.4 is 4.90 Å². The molecule has 6 nitrogen and oxygen atoms in total. The van der Waals surface area contributed by atoms with E-state index in [9.17, 15) is 13.2 Å². The van der Waals surface area contributed by atoms with E-state index in [4.69, 9.17) is 0 Å². The largest absolute Gasteiger partial charge is 0.334 e. The van der Waals surface area contributed by atoms with E-state index in [0.717, 1.165) is 35.3 Å². The second-order valence-corrected chi connectivity index (χ2v) is 10.5. The van der Waals surface area contributed by atoms with Gasteiger partial charge in [0, 0.05) is 6.54 Å². The molecule has 7 heteroatoms. The molecule has 168 valence electrons. The van der Waals surface area contributed by atoms with Crippen LogP contribution in [-0.4, -0.2) is 69.8 Å². The van der Waals surface area contributed by atoms with Crippen LogP contribution in [0.25, 0.3) is 0 Å². The molecule has 1 aliphatic rings. The summed E-state index contributed by atoms with van der Waals surface area (Å²) in [6.07, 6.45) is 0.560. The lowest BCUT2D eigenvalue weighted by Crippen LogP contribution is -3.12. The number of carbonyl (C=O) groups is 1. The Morgan fingerprint density at radius 2 is 1.61 bits per heavy atom. The van der Waals surface area contributed by atoms with Crippen LogP contribution in [0.2, 0.25) is 0 Å². The van der Waals surface area contributed by atoms with Gasteiger partial charge < -0.3 is 9.80 Å². The van der Waals surface area contributed by atoms with Gasteiger partial charge in [0.25, 0.3) is 0 Å². The van der Waals surface area contributed by atoms with Gasteiger partial charge in [-0.1, -0.05) is 48.0 Å². The first-order valence-electron chi connectivity index (χ1n) is 10.9. The molecule has 31 heavy (non-hydrogen) atoms. The maximum Gasteiger partial charge on any atom is 0.244 e. The van der Waals surface area contributed by atoms with Crippen LogP contribution in [0.5, 0.6) is 0 Å². The average Bonchev–Trinajstić information content (AvgIpc) is 2.71. The third-order valence-electron chi connectivity index (χ3n) is 5.98. The lowest BCUT2D eigenvalue weighted by molar-refractivity contribution is -0.883. The minimum atomic E-state index is -3.81. The molecule has 0 aromatic heterocycles. The minimum absolute atomic E-state index is 0.119. The molecule has 3 rings (SSSR count). The van der Waals surface area contributed by atoms with Crippen molar-refractivity contribution in [2.45, 2.75) is 32.1 Å². The van der Waals surface area contributed by atoms with E-state index in [1.54, 1.807) is 4.90 Å². The van der Waals surface area contributed by atoms with Crippen LogP contribution >= 0.6 is 0 Å². The highest BCUT2D eigenvalue weighted by atomic mass is 32.2. The second-order valence-electron chi connectivity index (χ2n) is 8.64. The van der Waals surface area contributed by atoms with Crippen molar-refractivity contribution in [1.29, 1.82) is 0 Å². The van der Waals surface area contributed by atoms with Gasteiger partial charge in [-0.2, -0.15) is 4.31 Å². The molecule has 2 aromatic carbocycles. The Labute approximate surface area is 186 Å². The summed E-state index contributed by atoms with van der Waals surface area (Å²) in [7, 11) is -1.70. The number of aryl methyl sites for hydroxylation is 3. The molecular formula is C24H34N3O3S+. The van der Waals surface area contributed by atoms with E-state index in [-0.39, 0.29) is 19.0 Å². The van der Waals surface area contributed by atoms with Crippen molar-refractivity contribution < 1.29 is 18.1 Å². The standard InChI is InChI=1S/C24H33N3O3S/c1-19-16-20(2)24(21(3)17-19)31(29,30)27(11-10-22-8-6-5-7-9-22)18-23(28)26-14-12-25(4)13-15-26/h5-9,16-17H,10-15,18H2,1-4H3/p+1. The summed E-state index contributed by atoms with van der Waals surface area (Å²) in [6.45, 7) is 8.87. The first kappa shape index (κ1) is 23.4. The van der Waals surface area contributed by atoms with Gasteiger partial charge in [-0.15, -0.1) is 0 Å². The normalized spacial score (nSPS) is 15.5. The Kier molecular flexibility index (Phi) is 7.51. The van der Waals surface area contributed by atoms with E-state index in [2.05, 4.69) is 7.05 Å². The van der Waals surface area contributed by atoms with Crippen molar-refractivity contribution in [3.05, 3.63) is 64.7 Å². The summed E-state index contributed by atoms with van der Waals surface area (Å²) in [4.78, 5) is 16.6. The van der Waals surface area contributed by atoms with E-state index in [1.807, 2.05) is 63.2 Å². The molecule has 0 radical (unpaired) electrons. The van der Waals surface area contributed by atoms with Gasteiger partial charge in [0.2, 0.25) is 15.9 Å². The van der Waals surface area contributed by atoms with Crippen molar-refractivity contribution in [2.24, 2.45) is 0 Å². The lowest BCUT2D eigenvalue weighted by Gasteiger charge is -2.32. The molecule has 0 saturated carbocycles. The van der Waals surface area contributed by atoms with Crippen LogP contribution in [0, 0.1) is 20.8 Å². The van der Waals surface area contributed by atoms with Crippen molar-refractivity contribution >= 4 is 15.9 Å². The molecule has 0 unspecified atom stereocenters. The summed E-state index contributed by atoms with van der Waals surface area (Å²) < 4.78 is 28.8. The Hall–Kier alpha value is -2.22. The zero-order chi connectivity index (χ0) is 22.6. The molecule has 2 aromatic rings. The molecule has 1 amide bonds. The van der Waals surface area contributed by atoms with Crippen LogP contribution in [0.4, 0.5) is 0 Å². The van der Waals surface area contributed by atoms with Gasteiger partial charge in [0.15, 0.2) is 0 Å². The van der Waals surface area contributed by atoms with Gasteiger partial charge in [0.05, 0.1) is 44.7 Å². The lowest BCUT2D eigenvalue weighted by atomic mass is 10.1. The monoisotopic (exact) mass is 444 g/mol. The maximum atomic E-state index is 13.7. The second kappa shape index (κ2) is 9.94. The molecule has 1 heterocycles. The number of sulfonamides is 1. The smallest absolute Gasteiger partial charge is 0.244 e. The first-order chi connectivity index (χ1) is 14.7. The fourth-order valence-electron chi connectivity index (χ4n) is 4.27. The van der Waals surface area contributed by atoms with E-state index in [0.29, 0.717) is 24.4 Å². The molecule has 0 bridgehead atoms. The Bertz CT molecular complexity index is 991. The molecule has 0 spiro atoms. The maximum absolute atomic E-state index is 13.7. The van der Waals surface area contributed by atoms with Gasteiger partial charge in [0.1, 0.15) is 0 Å². The highest BCUT2D eigenvalue weighted by Crippen LogP contribution is 2.25. The third kappa shape index (κ3) is 5.73. The number of hydrogen-bond acceptors (Lipinski definition) is 3. The molecule has 0 atom stereocenters. The number of piperazine rings is 1. The number of hydrogen-bond donors (Lipinski definition) is 1. The highest BCUT2D eigenvalue weighted by molar-refractivity contribution is 7.89. The Morgan fingerprint density at radius 1 is 1.03 bits per heavy atom. The summed E-state index contributed by atoms with van der Waals surface area (Å²) in [6, 6.07) is 13.6. The fourth-order valence-corrected chi connectivity index (χ4v) is 6.08. The van der Waals surface area contributed by atoms with Crippen molar-refractivity contribution in [3.8, 4) is 0 Å². The number of benzene rings is 2. The predicted molar refractivity (Wildman–Crippen MR) is 123 cm³/mol. The van der Waals surface area contributed by atoms with Crippen LogP contribution in [0.1, 0.15) is 22.3 Å². The van der Waals surface area contributed by atoms with Crippen molar-refractivity contribution in [2.75, 3.05) is 46.3 Å². The average molecular weight is 445 g/mol. The number of amides is 1. The molecule has 1 saturated heterocycles. The first-order valence-corrected chi connectivity index (χ1v) is 12.3. The van der Waals surface area contributed by atoms with Crippen LogP contribution in [0.3, 0.4) is 0 Å². The summed E-state index contributed by atoms with van der Waals surface area (Å²) in [5.41, 5.74) is 3.52. The number of carbonyl (C=O) groups excluding carboxylic acids is 1. The predicted octanol–water partition coefficient (Wildman–Crippen LogP) is 1.20. The Morgan fingerprint density at radius 3 is 2.19 bits per heavy atom. The van der Waals surface area contributed by atoms with Gasteiger partial charge in [-0.3, -0.25) is 4.79 Å². The third-order valence-corrected chi connectivity index (χ3v) is 8.13. The zero-order valence-corrected chi connectivity index (χ0v) is 19.8. The zero-order valence-electron chi connectivity index (χ0n) is 19.0. The number of quaternary nitrogens is 1. The molecule has 1 N–H and O–H groups in total.